The van der Waals surface area contributed by atoms with E-state index in [4.69, 9.17) is 8.83 Å². The van der Waals surface area contributed by atoms with Crippen LogP contribution in [0, 0.1) is 0 Å². The van der Waals surface area contributed by atoms with E-state index < -0.39 is 0 Å². The number of rotatable bonds is 4. The van der Waals surface area contributed by atoms with Gasteiger partial charge in [0.05, 0.1) is 22.1 Å². The normalized spacial score (nSPS) is 12.1. The minimum absolute atomic E-state index is 0.854. The predicted octanol–water partition coefficient (Wildman–Crippen LogP) is 15.0. The van der Waals surface area contributed by atoms with Crippen LogP contribution >= 0.6 is 0 Å². The molecule has 4 nitrogen and oxygen atoms in total. The highest BCUT2D eigenvalue weighted by Crippen LogP contribution is 2.42. The van der Waals surface area contributed by atoms with Gasteiger partial charge < -0.3 is 18.0 Å². The topological polar surface area (TPSA) is 36.1 Å². The van der Waals surface area contributed by atoms with Gasteiger partial charge >= 0.3 is 0 Å². The van der Waals surface area contributed by atoms with Crippen molar-refractivity contribution in [2.75, 3.05) is 0 Å². The van der Waals surface area contributed by atoms with Gasteiger partial charge in [0.15, 0.2) is 0 Å². The van der Waals surface area contributed by atoms with Crippen LogP contribution in [0.1, 0.15) is 0 Å². The summed E-state index contributed by atoms with van der Waals surface area (Å²) in [4.78, 5) is 0. The van der Waals surface area contributed by atoms with Gasteiger partial charge in [0, 0.05) is 60.5 Å². The van der Waals surface area contributed by atoms with Crippen LogP contribution < -0.4 is 0 Å². The summed E-state index contributed by atoms with van der Waals surface area (Å²) in [5.74, 6) is 0. The fourth-order valence-electron chi connectivity index (χ4n) is 9.53. The van der Waals surface area contributed by atoms with Crippen molar-refractivity contribution < 1.29 is 8.83 Å². The van der Waals surface area contributed by atoms with Gasteiger partial charge in [-0.05, 0) is 101 Å². The molecule has 4 heterocycles. The average molecular weight is 741 g/mol. The molecule has 0 radical (unpaired) electrons. The molecule has 58 heavy (non-hydrogen) atoms. The Morgan fingerprint density at radius 2 is 0.759 bits per heavy atom. The lowest BCUT2D eigenvalue weighted by Crippen LogP contribution is -1.94. The average Bonchev–Trinajstić information content (AvgIpc) is 4.03. The Hall–Kier alpha value is -7.82. The first-order valence-corrected chi connectivity index (χ1v) is 19.7. The molecule has 4 aromatic heterocycles. The number of hydrogen-bond acceptors (Lipinski definition) is 2. The van der Waals surface area contributed by atoms with Crippen molar-refractivity contribution in [3.8, 4) is 33.6 Å². The SMILES string of the molecule is c1ccc(-c2cccc(-n3c4ccccc4c4cc(-c5ccc6c(c5)c5ccccc5n6-c5ccc6c(c5)oc5ccc7oc8ccccc8c7c56)ccc43)c2)cc1. The molecule has 0 spiro atoms. The molecule has 270 valence electrons. The standard InChI is InChI=1S/C54H32N2O2/c1-2-11-33(12-3-1)34-13-10-14-37(29-34)55-45-18-7-4-15-39(45)43-30-35(21-25-47(43)55)36-22-26-48-44(31-36)40-16-5-8-19-46(40)56(48)38-23-24-42-52(32-38)58-51-28-27-50-53(54(42)51)41-17-6-9-20-49(41)57-50/h1-32H. The second-order valence-corrected chi connectivity index (χ2v) is 15.3. The molecule has 0 fully saturated rings. The van der Waals surface area contributed by atoms with Crippen LogP contribution in [-0.2, 0) is 0 Å². The number of nitrogens with zero attached hydrogens (tertiary/aromatic N) is 2. The van der Waals surface area contributed by atoms with Gasteiger partial charge in [-0.3, -0.25) is 0 Å². The van der Waals surface area contributed by atoms with Gasteiger partial charge in [-0.2, -0.15) is 0 Å². The Labute approximate surface area is 332 Å². The van der Waals surface area contributed by atoms with Gasteiger partial charge in [-0.25, -0.2) is 0 Å². The van der Waals surface area contributed by atoms with E-state index in [0.29, 0.717) is 0 Å². The summed E-state index contributed by atoms with van der Waals surface area (Å²) in [6, 6.07) is 69.6. The van der Waals surface area contributed by atoms with Crippen molar-refractivity contribution in [1.82, 2.24) is 9.13 Å². The quantitative estimate of drug-likeness (QED) is 0.180. The maximum absolute atomic E-state index is 6.58. The summed E-state index contributed by atoms with van der Waals surface area (Å²) >= 11 is 0. The summed E-state index contributed by atoms with van der Waals surface area (Å²) in [5, 5.41) is 9.29. The monoisotopic (exact) mass is 740 g/mol. The Morgan fingerprint density at radius 1 is 0.259 bits per heavy atom. The second kappa shape index (κ2) is 11.8. The maximum Gasteiger partial charge on any atom is 0.137 e. The van der Waals surface area contributed by atoms with Gasteiger partial charge in [-0.15, -0.1) is 0 Å². The third kappa shape index (κ3) is 4.45. The second-order valence-electron chi connectivity index (χ2n) is 15.3. The van der Waals surface area contributed by atoms with Gasteiger partial charge in [-0.1, -0.05) is 109 Å². The highest BCUT2D eigenvalue weighted by atomic mass is 16.3. The van der Waals surface area contributed by atoms with E-state index in [1.54, 1.807) is 0 Å². The highest BCUT2D eigenvalue weighted by Gasteiger charge is 2.19. The van der Waals surface area contributed by atoms with Crippen molar-refractivity contribution in [3.63, 3.8) is 0 Å². The molecule has 9 aromatic carbocycles. The summed E-state index contributed by atoms with van der Waals surface area (Å²) in [6.07, 6.45) is 0. The Kier molecular flexibility index (Phi) is 6.41. The molecular formula is C54H32N2O2. The van der Waals surface area contributed by atoms with Crippen molar-refractivity contribution in [3.05, 3.63) is 194 Å². The molecule has 4 heteroatoms. The zero-order chi connectivity index (χ0) is 37.9. The molecule has 0 saturated heterocycles. The van der Waals surface area contributed by atoms with E-state index in [0.717, 1.165) is 66.3 Å². The molecule has 0 aliphatic heterocycles. The number of hydrogen-bond donors (Lipinski definition) is 0. The Morgan fingerprint density at radius 3 is 1.43 bits per heavy atom. The molecule has 0 bridgehead atoms. The molecule has 0 amide bonds. The van der Waals surface area contributed by atoms with Crippen LogP contribution in [-0.4, -0.2) is 9.13 Å². The maximum atomic E-state index is 6.58. The van der Waals surface area contributed by atoms with Crippen molar-refractivity contribution in [1.29, 1.82) is 0 Å². The van der Waals surface area contributed by atoms with E-state index in [2.05, 4.69) is 179 Å². The van der Waals surface area contributed by atoms with E-state index in [9.17, 15) is 0 Å². The van der Waals surface area contributed by atoms with Crippen LogP contribution in [0.15, 0.2) is 203 Å². The molecule has 0 saturated carbocycles. The first-order valence-electron chi connectivity index (χ1n) is 19.7. The first kappa shape index (κ1) is 31.4. The Bertz CT molecular complexity index is 3800. The molecule has 0 aliphatic carbocycles. The van der Waals surface area contributed by atoms with Gasteiger partial charge in [0.25, 0.3) is 0 Å². The zero-order valence-electron chi connectivity index (χ0n) is 31.2. The summed E-state index contributed by atoms with van der Waals surface area (Å²) in [6.45, 7) is 0. The summed E-state index contributed by atoms with van der Waals surface area (Å²) in [5.41, 5.74) is 15.2. The molecule has 0 aliphatic rings. The minimum Gasteiger partial charge on any atom is -0.456 e. The van der Waals surface area contributed by atoms with Crippen molar-refractivity contribution >= 4 is 87.5 Å². The Balaban J connectivity index is 0.956. The predicted molar refractivity (Wildman–Crippen MR) is 241 cm³/mol. The molecule has 0 unspecified atom stereocenters. The van der Waals surface area contributed by atoms with Crippen LogP contribution in [0.3, 0.4) is 0 Å². The lowest BCUT2D eigenvalue weighted by molar-refractivity contribution is 0.662. The first-order chi connectivity index (χ1) is 28.7. The molecule has 0 atom stereocenters. The van der Waals surface area contributed by atoms with E-state index >= 15 is 0 Å². The fourth-order valence-corrected chi connectivity index (χ4v) is 9.53. The smallest absolute Gasteiger partial charge is 0.137 e. The van der Waals surface area contributed by atoms with Gasteiger partial charge in [0.2, 0.25) is 0 Å². The van der Waals surface area contributed by atoms with Crippen molar-refractivity contribution in [2.45, 2.75) is 0 Å². The molecule has 13 rings (SSSR count). The molecule has 0 N–H and O–H groups in total. The van der Waals surface area contributed by atoms with Crippen LogP contribution in [0.4, 0.5) is 0 Å². The van der Waals surface area contributed by atoms with E-state index in [1.165, 1.54) is 54.8 Å². The lowest BCUT2D eigenvalue weighted by Gasteiger charge is -2.11. The van der Waals surface area contributed by atoms with Crippen LogP contribution in [0.2, 0.25) is 0 Å². The number of furan rings is 2. The highest BCUT2D eigenvalue weighted by molar-refractivity contribution is 6.26. The van der Waals surface area contributed by atoms with E-state index in [1.807, 2.05) is 24.3 Å². The van der Waals surface area contributed by atoms with Crippen LogP contribution in [0.5, 0.6) is 0 Å². The third-order valence-corrected chi connectivity index (χ3v) is 12.1. The number of fused-ring (bicyclic) bond motifs is 13. The van der Waals surface area contributed by atoms with Crippen molar-refractivity contribution in [2.24, 2.45) is 0 Å². The molecular weight excluding hydrogens is 709 g/mol. The third-order valence-electron chi connectivity index (χ3n) is 12.1. The minimum atomic E-state index is 0.854. The largest absolute Gasteiger partial charge is 0.456 e. The van der Waals surface area contributed by atoms with E-state index in [-0.39, 0.29) is 0 Å². The van der Waals surface area contributed by atoms with Gasteiger partial charge in [0.1, 0.15) is 22.3 Å². The number of benzene rings is 9. The number of para-hydroxylation sites is 3. The summed E-state index contributed by atoms with van der Waals surface area (Å²) < 4.78 is 17.6. The summed E-state index contributed by atoms with van der Waals surface area (Å²) in [7, 11) is 0. The number of aromatic nitrogens is 2. The lowest BCUT2D eigenvalue weighted by atomic mass is 10.0. The fraction of sp³-hybridized carbons (Fsp3) is 0. The molecule has 13 aromatic rings. The van der Waals surface area contributed by atoms with Crippen LogP contribution in [0.25, 0.3) is 121 Å². The zero-order valence-corrected chi connectivity index (χ0v) is 31.2.